The Morgan fingerprint density at radius 3 is 2.61 bits per heavy atom. The molecule has 0 spiro atoms. The fourth-order valence-electron chi connectivity index (χ4n) is 1.60. The topological polar surface area (TPSA) is 30.5 Å². The van der Waals surface area contributed by atoms with Crippen molar-refractivity contribution in [3.05, 3.63) is 22.2 Å². The quantitative estimate of drug-likeness (QED) is 0.831. The minimum Gasteiger partial charge on any atom is -0.493 e. The number of nitrogens with one attached hydrogen (secondary N) is 1. The van der Waals surface area contributed by atoms with Crippen LogP contribution >= 0.6 is 15.9 Å². The lowest BCUT2D eigenvalue weighted by Gasteiger charge is -2.15. The van der Waals surface area contributed by atoms with Gasteiger partial charge < -0.3 is 14.8 Å². The van der Waals surface area contributed by atoms with Crippen LogP contribution < -0.4 is 14.8 Å². The Morgan fingerprint density at radius 2 is 2.06 bits per heavy atom. The van der Waals surface area contributed by atoms with Gasteiger partial charge in [-0.25, -0.2) is 0 Å². The van der Waals surface area contributed by atoms with Gasteiger partial charge in [0.05, 0.1) is 18.2 Å². The number of benzene rings is 1. The molecular weight excluding hydrogens is 294 g/mol. The van der Waals surface area contributed by atoms with Gasteiger partial charge in [-0.3, -0.25) is 0 Å². The van der Waals surface area contributed by atoms with Crippen LogP contribution in [-0.4, -0.2) is 19.8 Å². The molecule has 0 saturated heterocycles. The van der Waals surface area contributed by atoms with Crippen molar-refractivity contribution in [3.63, 3.8) is 0 Å². The Kier molecular flexibility index (Phi) is 6.50. The second-order valence-corrected chi connectivity index (χ2v) is 5.09. The smallest absolute Gasteiger partial charge is 0.175 e. The van der Waals surface area contributed by atoms with Gasteiger partial charge in [0.15, 0.2) is 11.5 Å². The van der Waals surface area contributed by atoms with Gasteiger partial charge in [-0.2, -0.15) is 0 Å². The number of halogens is 1. The number of ether oxygens (including phenoxy) is 2. The molecule has 1 aromatic rings. The van der Waals surface area contributed by atoms with Gasteiger partial charge in [-0.05, 0) is 53.9 Å². The first-order chi connectivity index (χ1) is 8.62. The maximum Gasteiger partial charge on any atom is 0.175 e. The minimum atomic E-state index is 0.515. The largest absolute Gasteiger partial charge is 0.493 e. The van der Waals surface area contributed by atoms with E-state index < -0.39 is 0 Å². The van der Waals surface area contributed by atoms with Crippen LogP contribution in [0.2, 0.25) is 0 Å². The molecule has 18 heavy (non-hydrogen) atoms. The fraction of sp³-hybridized carbons (Fsp3) is 0.571. The van der Waals surface area contributed by atoms with Crippen LogP contribution in [0.15, 0.2) is 16.6 Å². The highest BCUT2D eigenvalue weighted by molar-refractivity contribution is 9.10. The van der Waals surface area contributed by atoms with Crippen LogP contribution in [0.4, 0.5) is 0 Å². The van der Waals surface area contributed by atoms with Crippen molar-refractivity contribution in [1.82, 2.24) is 5.32 Å². The minimum absolute atomic E-state index is 0.515. The van der Waals surface area contributed by atoms with Crippen molar-refractivity contribution in [2.75, 3.05) is 13.7 Å². The number of rotatable bonds is 7. The van der Waals surface area contributed by atoms with E-state index in [9.17, 15) is 0 Å². The average Bonchev–Trinajstić information content (AvgIpc) is 2.38. The first-order valence-electron chi connectivity index (χ1n) is 6.34. The van der Waals surface area contributed by atoms with Gasteiger partial charge in [0, 0.05) is 12.6 Å². The average molecular weight is 316 g/mol. The maximum absolute atomic E-state index is 5.57. The molecule has 3 nitrogen and oxygen atoms in total. The lowest BCUT2D eigenvalue weighted by atomic mass is 10.1. The molecule has 0 fully saturated rings. The zero-order valence-electron chi connectivity index (χ0n) is 11.5. The highest BCUT2D eigenvalue weighted by Crippen LogP contribution is 2.36. The first kappa shape index (κ1) is 15.3. The number of hydrogen-bond donors (Lipinski definition) is 1. The number of hydrogen-bond acceptors (Lipinski definition) is 3. The van der Waals surface area contributed by atoms with E-state index in [4.69, 9.17) is 9.47 Å². The molecule has 1 aromatic carbocycles. The van der Waals surface area contributed by atoms with E-state index in [1.165, 1.54) is 5.56 Å². The molecule has 0 amide bonds. The summed E-state index contributed by atoms with van der Waals surface area (Å²) in [6, 6.07) is 4.61. The van der Waals surface area contributed by atoms with Gasteiger partial charge in [0.25, 0.3) is 0 Å². The Bertz CT molecular complexity index is 382. The highest BCUT2D eigenvalue weighted by atomic mass is 79.9. The molecule has 1 atom stereocenters. The summed E-state index contributed by atoms with van der Waals surface area (Å²) in [7, 11) is 1.66. The van der Waals surface area contributed by atoms with Crippen molar-refractivity contribution >= 4 is 15.9 Å². The molecule has 0 bridgehead atoms. The van der Waals surface area contributed by atoms with Gasteiger partial charge in [0.2, 0.25) is 0 Å². The summed E-state index contributed by atoms with van der Waals surface area (Å²) in [5.41, 5.74) is 1.18. The molecule has 0 unspecified atom stereocenters. The molecule has 1 N–H and O–H groups in total. The van der Waals surface area contributed by atoms with Gasteiger partial charge >= 0.3 is 0 Å². The third-order valence-electron chi connectivity index (χ3n) is 2.84. The lowest BCUT2D eigenvalue weighted by Crippen LogP contribution is -2.24. The monoisotopic (exact) mass is 315 g/mol. The summed E-state index contributed by atoms with van der Waals surface area (Å²) in [6.45, 7) is 7.77. The van der Waals surface area contributed by atoms with Gasteiger partial charge in [-0.15, -0.1) is 0 Å². The van der Waals surface area contributed by atoms with E-state index in [1.54, 1.807) is 7.11 Å². The Hall–Kier alpha value is -0.740. The van der Waals surface area contributed by atoms with E-state index in [1.807, 2.05) is 13.0 Å². The standard InChI is InChI=1S/C14H22BrNO2/c1-5-10(3)16-9-11-7-12(15)14(18-6-2)13(8-11)17-4/h7-8,10,16H,5-6,9H2,1-4H3/t10-/m1/s1. The molecule has 1 rings (SSSR count). The Labute approximate surface area is 118 Å². The zero-order chi connectivity index (χ0) is 13.5. The normalized spacial score (nSPS) is 12.3. The lowest BCUT2D eigenvalue weighted by molar-refractivity contribution is 0.308. The summed E-state index contributed by atoms with van der Waals surface area (Å²) in [5, 5.41) is 3.46. The van der Waals surface area contributed by atoms with Crippen molar-refractivity contribution < 1.29 is 9.47 Å². The van der Waals surface area contributed by atoms with E-state index in [0.717, 1.165) is 28.9 Å². The third-order valence-corrected chi connectivity index (χ3v) is 3.43. The summed E-state index contributed by atoms with van der Waals surface area (Å²) in [6.07, 6.45) is 1.12. The van der Waals surface area contributed by atoms with E-state index >= 15 is 0 Å². The van der Waals surface area contributed by atoms with Crippen molar-refractivity contribution in [3.8, 4) is 11.5 Å². The van der Waals surface area contributed by atoms with Gasteiger partial charge in [0.1, 0.15) is 0 Å². The molecule has 0 aliphatic carbocycles. The zero-order valence-corrected chi connectivity index (χ0v) is 13.1. The SMILES string of the molecule is CCOc1c(Br)cc(CN[C@H](C)CC)cc1OC. The van der Waals surface area contributed by atoms with Crippen LogP contribution in [-0.2, 0) is 6.54 Å². The molecule has 0 saturated carbocycles. The second kappa shape index (κ2) is 7.64. The van der Waals surface area contributed by atoms with Crippen LogP contribution in [0.5, 0.6) is 11.5 Å². The molecule has 102 valence electrons. The molecule has 0 aromatic heterocycles. The molecule has 0 radical (unpaired) electrons. The highest BCUT2D eigenvalue weighted by Gasteiger charge is 2.11. The first-order valence-corrected chi connectivity index (χ1v) is 7.14. The summed E-state index contributed by atoms with van der Waals surface area (Å²) < 4.78 is 11.9. The van der Waals surface area contributed by atoms with Crippen molar-refractivity contribution in [2.24, 2.45) is 0 Å². The van der Waals surface area contributed by atoms with E-state index in [2.05, 4.69) is 41.2 Å². The number of methoxy groups -OCH3 is 1. The maximum atomic E-state index is 5.57. The Balaban J connectivity index is 2.85. The van der Waals surface area contributed by atoms with E-state index in [0.29, 0.717) is 12.6 Å². The van der Waals surface area contributed by atoms with Crippen LogP contribution in [0.25, 0.3) is 0 Å². The summed E-state index contributed by atoms with van der Waals surface area (Å²) in [4.78, 5) is 0. The summed E-state index contributed by atoms with van der Waals surface area (Å²) >= 11 is 3.53. The second-order valence-electron chi connectivity index (χ2n) is 4.23. The van der Waals surface area contributed by atoms with Crippen LogP contribution in [0.1, 0.15) is 32.8 Å². The Morgan fingerprint density at radius 1 is 1.33 bits per heavy atom. The molecule has 4 heteroatoms. The van der Waals surface area contributed by atoms with Crippen molar-refractivity contribution in [2.45, 2.75) is 39.8 Å². The predicted octanol–water partition coefficient (Wildman–Crippen LogP) is 3.74. The van der Waals surface area contributed by atoms with E-state index in [-0.39, 0.29) is 0 Å². The third kappa shape index (κ3) is 4.18. The van der Waals surface area contributed by atoms with Crippen LogP contribution in [0.3, 0.4) is 0 Å². The molecular formula is C14H22BrNO2. The molecule has 0 aliphatic rings. The molecule has 0 aliphatic heterocycles. The van der Waals surface area contributed by atoms with Gasteiger partial charge in [-0.1, -0.05) is 6.92 Å². The fourth-order valence-corrected chi connectivity index (χ4v) is 2.20. The molecule has 0 heterocycles. The van der Waals surface area contributed by atoms with Crippen molar-refractivity contribution in [1.29, 1.82) is 0 Å². The van der Waals surface area contributed by atoms with Crippen LogP contribution in [0, 0.1) is 0 Å². The predicted molar refractivity (Wildman–Crippen MR) is 78.5 cm³/mol. The summed E-state index contributed by atoms with van der Waals surface area (Å²) in [5.74, 6) is 1.54.